The Labute approximate surface area is 171 Å². The van der Waals surface area contributed by atoms with Crippen LogP contribution < -0.4 is 0 Å². The molecule has 0 aliphatic carbocycles. The van der Waals surface area contributed by atoms with Crippen LogP contribution in [0, 0.1) is 0 Å². The zero-order valence-electron chi connectivity index (χ0n) is 15.0. The van der Waals surface area contributed by atoms with E-state index in [0.29, 0.717) is 35.3 Å². The largest absolute Gasteiger partial charge is 0.337 e. The number of carbonyl (C=O) groups is 2. The van der Waals surface area contributed by atoms with Crippen molar-refractivity contribution in [2.45, 2.75) is 30.9 Å². The standard InChI is InChI=1S/C17H20ClN3O3S3/c1-11(12-5-8-25-10-12)15(22)20-27(2,24)13-3-6-21(7-4-13)17(23)16-19-9-14(18)26-16/h5,8-11,13H,3-4,6-7H2,1-2H3. The second-order valence-electron chi connectivity index (χ2n) is 6.53. The van der Waals surface area contributed by atoms with Crippen LogP contribution in [0.4, 0.5) is 0 Å². The highest BCUT2D eigenvalue weighted by molar-refractivity contribution is 7.93. The van der Waals surface area contributed by atoms with E-state index >= 15 is 0 Å². The number of halogens is 1. The molecule has 146 valence electrons. The number of nitrogens with zero attached hydrogens (tertiary/aromatic N) is 3. The average Bonchev–Trinajstić information content (AvgIpc) is 3.32. The van der Waals surface area contributed by atoms with Gasteiger partial charge in [0.15, 0.2) is 5.01 Å². The molecular weight excluding hydrogens is 426 g/mol. The molecule has 10 heteroatoms. The highest BCUT2D eigenvalue weighted by Gasteiger charge is 2.30. The Morgan fingerprint density at radius 1 is 1.41 bits per heavy atom. The molecule has 2 aromatic heterocycles. The van der Waals surface area contributed by atoms with Gasteiger partial charge >= 0.3 is 0 Å². The van der Waals surface area contributed by atoms with Gasteiger partial charge in [-0.3, -0.25) is 9.59 Å². The van der Waals surface area contributed by atoms with E-state index in [0.717, 1.165) is 16.9 Å². The maximum Gasteiger partial charge on any atom is 0.282 e. The molecule has 1 aliphatic rings. The van der Waals surface area contributed by atoms with Gasteiger partial charge in [-0.25, -0.2) is 9.19 Å². The Hall–Kier alpha value is -1.29. The number of rotatable bonds is 4. The predicted octanol–water partition coefficient (Wildman–Crippen LogP) is 3.89. The van der Waals surface area contributed by atoms with E-state index in [4.69, 9.17) is 11.6 Å². The van der Waals surface area contributed by atoms with Crippen molar-refractivity contribution in [3.63, 3.8) is 0 Å². The van der Waals surface area contributed by atoms with Crippen LogP contribution in [0.2, 0.25) is 4.34 Å². The van der Waals surface area contributed by atoms with E-state index in [9.17, 15) is 13.8 Å². The molecule has 6 nitrogen and oxygen atoms in total. The fraction of sp³-hybridized carbons (Fsp3) is 0.471. The Morgan fingerprint density at radius 3 is 2.67 bits per heavy atom. The lowest BCUT2D eigenvalue weighted by molar-refractivity contribution is -0.118. The summed E-state index contributed by atoms with van der Waals surface area (Å²) in [6.07, 6.45) is 4.10. The number of thiophene rings is 1. The molecule has 1 aliphatic heterocycles. The van der Waals surface area contributed by atoms with Crippen molar-refractivity contribution in [2.24, 2.45) is 4.36 Å². The van der Waals surface area contributed by atoms with Gasteiger partial charge in [-0.15, -0.1) is 0 Å². The number of likely N-dealkylation sites (tertiary alicyclic amines) is 1. The number of hydrogen-bond acceptors (Lipinski definition) is 6. The molecule has 0 spiro atoms. The van der Waals surface area contributed by atoms with Crippen molar-refractivity contribution in [1.82, 2.24) is 9.88 Å². The van der Waals surface area contributed by atoms with E-state index in [1.807, 2.05) is 16.8 Å². The molecule has 2 atom stereocenters. The maximum atomic E-state index is 13.1. The number of amides is 2. The summed E-state index contributed by atoms with van der Waals surface area (Å²) in [5.41, 5.74) is 0.895. The smallest absolute Gasteiger partial charge is 0.282 e. The molecule has 2 amide bonds. The number of carbonyl (C=O) groups excluding carboxylic acids is 2. The Balaban J connectivity index is 1.64. The van der Waals surface area contributed by atoms with Gasteiger partial charge in [0, 0.05) is 24.6 Å². The van der Waals surface area contributed by atoms with Crippen LogP contribution >= 0.6 is 34.3 Å². The summed E-state index contributed by atoms with van der Waals surface area (Å²) >= 11 is 8.51. The van der Waals surface area contributed by atoms with Crippen molar-refractivity contribution in [3.05, 3.63) is 37.9 Å². The first-order chi connectivity index (χ1) is 12.8. The van der Waals surface area contributed by atoms with Crippen LogP contribution in [0.3, 0.4) is 0 Å². The molecule has 2 aromatic rings. The summed E-state index contributed by atoms with van der Waals surface area (Å²) in [6, 6.07) is 1.88. The second-order valence-corrected chi connectivity index (χ2v) is 11.5. The van der Waals surface area contributed by atoms with Crippen LogP contribution in [0.1, 0.15) is 41.0 Å². The van der Waals surface area contributed by atoms with E-state index in [1.54, 1.807) is 18.1 Å². The minimum absolute atomic E-state index is 0.160. The molecule has 3 heterocycles. The highest BCUT2D eigenvalue weighted by atomic mass is 35.5. The van der Waals surface area contributed by atoms with E-state index in [-0.39, 0.29) is 17.1 Å². The molecule has 2 unspecified atom stereocenters. The molecule has 0 radical (unpaired) electrons. The lowest BCUT2D eigenvalue weighted by Gasteiger charge is -2.31. The molecule has 1 fully saturated rings. The van der Waals surface area contributed by atoms with Crippen LogP contribution in [0.25, 0.3) is 0 Å². The SMILES string of the molecule is CC(C(=O)N=S(C)(=O)C1CCN(C(=O)c2ncc(Cl)s2)CC1)c1ccsc1. The molecule has 27 heavy (non-hydrogen) atoms. The summed E-state index contributed by atoms with van der Waals surface area (Å²) in [5.74, 6) is -0.905. The first kappa shape index (κ1) is 20.4. The van der Waals surface area contributed by atoms with Gasteiger partial charge in [0.05, 0.1) is 21.8 Å². The van der Waals surface area contributed by atoms with Crippen LogP contribution in [0.5, 0.6) is 0 Å². The van der Waals surface area contributed by atoms with Crippen molar-refractivity contribution in [1.29, 1.82) is 0 Å². The first-order valence-corrected chi connectivity index (χ1v) is 12.6. The number of thiazole rings is 1. The minimum Gasteiger partial charge on any atom is -0.337 e. The number of hydrogen-bond donors (Lipinski definition) is 0. The van der Waals surface area contributed by atoms with Crippen LogP contribution in [-0.2, 0) is 14.5 Å². The summed E-state index contributed by atoms with van der Waals surface area (Å²) < 4.78 is 17.6. The fourth-order valence-electron chi connectivity index (χ4n) is 2.98. The molecule has 0 bridgehead atoms. The molecule has 0 N–H and O–H groups in total. The quantitative estimate of drug-likeness (QED) is 0.714. The lowest BCUT2D eigenvalue weighted by atomic mass is 10.1. The zero-order valence-corrected chi connectivity index (χ0v) is 18.2. The molecular formula is C17H20ClN3O3S3. The average molecular weight is 446 g/mol. The topological polar surface area (TPSA) is 79.7 Å². The first-order valence-electron chi connectivity index (χ1n) is 8.45. The summed E-state index contributed by atoms with van der Waals surface area (Å²) in [4.78, 5) is 30.6. The molecule has 0 aromatic carbocycles. The Kier molecular flexibility index (Phi) is 6.35. The third-order valence-corrected chi connectivity index (χ3v) is 8.75. The van der Waals surface area contributed by atoms with Gasteiger partial charge in [-0.05, 0) is 42.2 Å². The van der Waals surface area contributed by atoms with Gasteiger partial charge in [0.1, 0.15) is 4.34 Å². The van der Waals surface area contributed by atoms with Crippen molar-refractivity contribution >= 4 is 55.8 Å². The number of aromatic nitrogens is 1. The lowest BCUT2D eigenvalue weighted by Crippen LogP contribution is -2.42. The van der Waals surface area contributed by atoms with E-state index < -0.39 is 15.6 Å². The van der Waals surface area contributed by atoms with Gasteiger partial charge in [0.25, 0.3) is 11.8 Å². The third-order valence-electron chi connectivity index (χ3n) is 4.69. The van der Waals surface area contributed by atoms with Gasteiger partial charge in [-0.1, -0.05) is 22.9 Å². The minimum atomic E-state index is -2.67. The maximum absolute atomic E-state index is 13.1. The van der Waals surface area contributed by atoms with Crippen LogP contribution in [-0.4, -0.2) is 50.5 Å². The van der Waals surface area contributed by atoms with Gasteiger partial charge < -0.3 is 4.90 Å². The monoisotopic (exact) mass is 445 g/mol. The van der Waals surface area contributed by atoms with Gasteiger partial charge in [0.2, 0.25) is 0 Å². The van der Waals surface area contributed by atoms with E-state index in [2.05, 4.69) is 9.35 Å². The summed E-state index contributed by atoms with van der Waals surface area (Å²) in [5, 5.41) is 3.97. The van der Waals surface area contributed by atoms with Gasteiger partial charge in [-0.2, -0.15) is 15.7 Å². The molecule has 1 saturated heterocycles. The Morgan fingerprint density at radius 2 is 2.11 bits per heavy atom. The van der Waals surface area contributed by atoms with Crippen molar-refractivity contribution < 1.29 is 13.8 Å². The summed E-state index contributed by atoms with van der Waals surface area (Å²) in [7, 11) is -2.67. The Bertz CT molecular complexity index is 940. The van der Waals surface area contributed by atoms with E-state index in [1.165, 1.54) is 17.5 Å². The fourth-order valence-corrected chi connectivity index (χ4v) is 6.37. The van der Waals surface area contributed by atoms with Crippen LogP contribution in [0.15, 0.2) is 27.4 Å². The second kappa shape index (κ2) is 8.38. The predicted molar refractivity (Wildman–Crippen MR) is 110 cm³/mol. The van der Waals surface area contributed by atoms with Crippen molar-refractivity contribution in [2.75, 3.05) is 19.3 Å². The zero-order chi connectivity index (χ0) is 19.6. The van der Waals surface area contributed by atoms with Crippen molar-refractivity contribution in [3.8, 4) is 0 Å². The highest BCUT2D eigenvalue weighted by Crippen LogP contribution is 2.25. The number of piperidine rings is 1. The normalized spacial score (nSPS) is 18.7. The third kappa shape index (κ3) is 4.77. The molecule has 0 saturated carbocycles. The summed E-state index contributed by atoms with van der Waals surface area (Å²) in [6.45, 7) is 2.72. The molecule has 3 rings (SSSR count).